The van der Waals surface area contributed by atoms with Gasteiger partial charge in [0, 0.05) is 16.2 Å². The molecule has 0 atom stereocenters. The molecule has 2 aromatic rings. The number of anilines is 1. The zero-order valence-corrected chi connectivity index (χ0v) is 16.2. The highest BCUT2D eigenvalue weighted by Gasteiger charge is 2.27. The van der Waals surface area contributed by atoms with Crippen LogP contribution in [-0.4, -0.2) is 14.9 Å². The summed E-state index contributed by atoms with van der Waals surface area (Å²) in [7, 11) is 0. The lowest BCUT2D eigenvalue weighted by atomic mass is 9.82. The number of aryl methyl sites for hydroxylation is 1. The molecule has 4 heteroatoms. The summed E-state index contributed by atoms with van der Waals surface area (Å²) < 4.78 is 3.23. The first-order chi connectivity index (χ1) is 10.1. The fraction of sp³-hybridized carbons (Fsp3) is 0.611. The minimum Gasteiger partial charge on any atom is -0.365 e. The SMILES string of the molecule is CCCc1nc2ccc(Br)cn2c1NC(C)(C)CC(C)(C)C. The summed E-state index contributed by atoms with van der Waals surface area (Å²) in [4.78, 5) is 4.80. The van der Waals surface area contributed by atoms with E-state index in [9.17, 15) is 0 Å². The average molecular weight is 366 g/mol. The van der Waals surface area contributed by atoms with Gasteiger partial charge in [-0.05, 0) is 60.2 Å². The van der Waals surface area contributed by atoms with Crippen molar-refractivity contribution in [2.75, 3.05) is 5.32 Å². The van der Waals surface area contributed by atoms with Crippen LogP contribution in [0.5, 0.6) is 0 Å². The molecular weight excluding hydrogens is 338 g/mol. The molecule has 1 N–H and O–H groups in total. The van der Waals surface area contributed by atoms with Gasteiger partial charge in [-0.1, -0.05) is 34.1 Å². The molecule has 0 aliphatic heterocycles. The lowest BCUT2D eigenvalue weighted by Gasteiger charge is -2.34. The van der Waals surface area contributed by atoms with Crippen LogP contribution in [0.1, 0.15) is 60.1 Å². The van der Waals surface area contributed by atoms with Crippen molar-refractivity contribution in [1.82, 2.24) is 9.38 Å². The Bertz CT molecular complexity index is 650. The third-order valence-corrected chi connectivity index (χ3v) is 4.04. The Morgan fingerprint density at radius 2 is 1.86 bits per heavy atom. The van der Waals surface area contributed by atoms with E-state index in [1.54, 1.807) is 0 Å². The van der Waals surface area contributed by atoms with Crippen LogP contribution in [0, 0.1) is 5.41 Å². The van der Waals surface area contributed by atoms with E-state index in [4.69, 9.17) is 4.98 Å². The van der Waals surface area contributed by atoms with Crippen LogP contribution < -0.4 is 5.32 Å². The summed E-state index contributed by atoms with van der Waals surface area (Å²) in [5.41, 5.74) is 2.45. The molecule has 0 saturated heterocycles. The predicted molar refractivity (Wildman–Crippen MR) is 98.7 cm³/mol. The molecule has 0 saturated carbocycles. The number of fused-ring (bicyclic) bond motifs is 1. The summed E-state index contributed by atoms with van der Waals surface area (Å²) in [5.74, 6) is 1.13. The van der Waals surface area contributed by atoms with Crippen molar-refractivity contribution < 1.29 is 0 Å². The van der Waals surface area contributed by atoms with E-state index in [1.807, 2.05) is 6.07 Å². The summed E-state index contributed by atoms with van der Waals surface area (Å²) in [6.07, 6.45) is 5.27. The van der Waals surface area contributed by atoms with Crippen LogP contribution >= 0.6 is 15.9 Å². The van der Waals surface area contributed by atoms with Crippen LogP contribution in [-0.2, 0) is 6.42 Å². The Morgan fingerprint density at radius 3 is 2.45 bits per heavy atom. The Kier molecular flexibility index (Phi) is 4.90. The second-order valence-corrected chi connectivity index (χ2v) is 8.89. The normalized spacial score (nSPS) is 12.9. The first-order valence-electron chi connectivity index (χ1n) is 8.06. The fourth-order valence-corrected chi connectivity index (χ4v) is 3.64. The number of nitrogens with zero attached hydrogens (tertiary/aromatic N) is 2. The number of hydrogen-bond acceptors (Lipinski definition) is 2. The van der Waals surface area contributed by atoms with E-state index in [-0.39, 0.29) is 11.0 Å². The largest absolute Gasteiger partial charge is 0.365 e. The number of imidazole rings is 1. The van der Waals surface area contributed by atoms with Gasteiger partial charge in [0.1, 0.15) is 11.5 Å². The monoisotopic (exact) mass is 365 g/mol. The molecule has 0 aromatic carbocycles. The van der Waals surface area contributed by atoms with Crippen LogP contribution in [0.4, 0.5) is 5.82 Å². The minimum atomic E-state index is 0.0129. The summed E-state index contributed by atoms with van der Waals surface area (Å²) >= 11 is 3.57. The van der Waals surface area contributed by atoms with Crippen molar-refractivity contribution in [3.05, 3.63) is 28.5 Å². The van der Waals surface area contributed by atoms with Gasteiger partial charge >= 0.3 is 0 Å². The molecule has 0 aliphatic carbocycles. The number of aromatic nitrogens is 2. The van der Waals surface area contributed by atoms with E-state index >= 15 is 0 Å². The Labute approximate surface area is 142 Å². The van der Waals surface area contributed by atoms with E-state index in [0.717, 1.165) is 40.9 Å². The standard InChI is InChI=1S/C18H28BrN3/c1-7-8-14-16(21-18(5,6)12-17(2,3)4)22-11-13(19)9-10-15(22)20-14/h9-11,21H,7-8,12H2,1-6H3. The van der Waals surface area contributed by atoms with Crippen LogP contribution in [0.25, 0.3) is 5.65 Å². The zero-order chi connectivity index (χ0) is 16.5. The van der Waals surface area contributed by atoms with Gasteiger partial charge in [0.2, 0.25) is 0 Å². The van der Waals surface area contributed by atoms with Crippen molar-refractivity contribution in [3.63, 3.8) is 0 Å². The Morgan fingerprint density at radius 1 is 1.18 bits per heavy atom. The smallest absolute Gasteiger partial charge is 0.138 e. The molecule has 0 aliphatic rings. The molecule has 22 heavy (non-hydrogen) atoms. The molecule has 0 bridgehead atoms. The molecule has 0 unspecified atom stereocenters. The van der Waals surface area contributed by atoms with Gasteiger partial charge in [0.25, 0.3) is 0 Å². The first-order valence-corrected chi connectivity index (χ1v) is 8.85. The first kappa shape index (κ1) is 17.3. The maximum absolute atomic E-state index is 4.80. The number of rotatable bonds is 5. The van der Waals surface area contributed by atoms with Gasteiger partial charge < -0.3 is 5.32 Å². The average Bonchev–Trinajstić information content (AvgIpc) is 2.64. The maximum atomic E-state index is 4.80. The predicted octanol–water partition coefficient (Wildman–Crippen LogP) is 5.68. The quantitative estimate of drug-likeness (QED) is 0.738. The molecule has 2 heterocycles. The number of hydrogen-bond donors (Lipinski definition) is 1. The summed E-state index contributed by atoms with van der Waals surface area (Å²) in [6.45, 7) is 13.6. The molecule has 2 rings (SSSR count). The number of pyridine rings is 1. The van der Waals surface area contributed by atoms with Crippen molar-refractivity contribution >= 4 is 27.4 Å². The van der Waals surface area contributed by atoms with Crippen LogP contribution in [0.2, 0.25) is 0 Å². The molecule has 2 aromatic heterocycles. The molecule has 0 radical (unpaired) electrons. The second kappa shape index (κ2) is 6.23. The van der Waals surface area contributed by atoms with E-state index in [0.29, 0.717) is 0 Å². The molecule has 3 nitrogen and oxygen atoms in total. The minimum absolute atomic E-state index is 0.0129. The highest BCUT2D eigenvalue weighted by Crippen LogP contribution is 2.32. The molecule has 0 spiro atoms. The fourth-order valence-electron chi connectivity index (χ4n) is 3.30. The van der Waals surface area contributed by atoms with Gasteiger partial charge in [-0.2, -0.15) is 0 Å². The van der Waals surface area contributed by atoms with Crippen molar-refractivity contribution in [1.29, 1.82) is 0 Å². The summed E-state index contributed by atoms with van der Waals surface area (Å²) in [5, 5.41) is 3.76. The number of halogens is 1. The van der Waals surface area contributed by atoms with E-state index < -0.39 is 0 Å². The zero-order valence-electron chi connectivity index (χ0n) is 14.6. The van der Waals surface area contributed by atoms with Gasteiger partial charge in [-0.3, -0.25) is 4.40 Å². The third kappa shape index (κ3) is 4.25. The van der Waals surface area contributed by atoms with Crippen LogP contribution in [0.3, 0.4) is 0 Å². The Balaban J connectivity index is 2.43. The highest BCUT2D eigenvalue weighted by molar-refractivity contribution is 9.10. The van der Waals surface area contributed by atoms with Crippen molar-refractivity contribution in [2.24, 2.45) is 5.41 Å². The van der Waals surface area contributed by atoms with Gasteiger partial charge in [-0.25, -0.2) is 4.98 Å². The summed E-state index contributed by atoms with van der Waals surface area (Å²) in [6, 6.07) is 4.10. The second-order valence-electron chi connectivity index (χ2n) is 7.98. The lowest BCUT2D eigenvalue weighted by Crippen LogP contribution is -2.36. The van der Waals surface area contributed by atoms with Gasteiger partial charge in [0.05, 0.1) is 5.69 Å². The maximum Gasteiger partial charge on any atom is 0.138 e. The van der Waals surface area contributed by atoms with Crippen molar-refractivity contribution in [3.8, 4) is 0 Å². The van der Waals surface area contributed by atoms with E-state index in [2.05, 4.69) is 79.5 Å². The van der Waals surface area contributed by atoms with Gasteiger partial charge in [0.15, 0.2) is 0 Å². The molecule has 122 valence electrons. The molecule has 0 amide bonds. The van der Waals surface area contributed by atoms with Crippen LogP contribution in [0.15, 0.2) is 22.8 Å². The highest BCUT2D eigenvalue weighted by atomic mass is 79.9. The molecule has 0 fully saturated rings. The van der Waals surface area contributed by atoms with Gasteiger partial charge in [-0.15, -0.1) is 0 Å². The Hall–Kier alpha value is -1.03. The van der Waals surface area contributed by atoms with E-state index in [1.165, 1.54) is 0 Å². The third-order valence-electron chi connectivity index (χ3n) is 3.57. The lowest BCUT2D eigenvalue weighted by molar-refractivity contribution is 0.302. The number of nitrogens with one attached hydrogen (secondary N) is 1. The molecular formula is C18H28BrN3. The topological polar surface area (TPSA) is 29.3 Å². The van der Waals surface area contributed by atoms with Crippen molar-refractivity contribution in [2.45, 2.75) is 66.3 Å².